The largest absolute Gasteiger partial charge is 0.497 e. The molecule has 172 valence electrons. The third-order valence-corrected chi connectivity index (χ3v) is 6.67. The van der Waals surface area contributed by atoms with Gasteiger partial charge in [0.25, 0.3) is 17.7 Å². The van der Waals surface area contributed by atoms with Gasteiger partial charge in [0.2, 0.25) is 0 Å². The van der Waals surface area contributed by atoms with Gasteiger partial charge in [-0.2, -0.15) is 5.01 Å². The van der Waals surface area contributed by atoms with Crippen LogP contribution >= 0.6 is 11.6 Å². The first kappa shape index (κ1) is 23.0. The fraction of sp³-hybridized carbons (Fsp3) is 0.360. The Labute approximate surface area is 197 Å². The van der Waals surface area contributed by atoms with Crippen molar-refractivity contribution in [3.8, 4) is 5.75 Å². The van der Waals surface area contributed by atoms with Gasteiger partial charge in [0.1, 0.15) is 12.3 Å². The van der Waals surface area contributed by atoms with Crippen LogP contribution in [0.1, 0.15) is 46.9 Å². The number of benzene rings is 2. The number of carbonyl (C=O) groups is 4. The summed E-state index contributed by atoms with van der Waals surface area (Å²) in [6.45, 7) is 1.60. The summed E-state index contributed by atoms with van der Waals surface area (Å²) in [5.41, 5.74) is 0.537. The van der Waals surface area contributed by atoms with Gasteiger partial charge in [0.05, 0.1) is 18.9 Å². The molecule has 2 fully saturated rings. The highest BCUT2D eigenvalue weighted by Gasteiger charge is 2.52. The van der Waals surface area contributed by atoms with E-state index >= 15 is 0 Å². The van der Waals surface area contributed by atoms with Crippen molar-refractivity contribution in [2.24, 2.45) is 17.8 Å². The Hall–Kier alpha value is -3.19. The number of hydrazine groups is 1. The van der Waals surface area contributed by atoms with Gasteiger partial charge in [-0.05, 0) is 61.6 Å². The van der Waals surface area contributed by atoms with E-state index in [4.69, 9.17) is 16.3 Å². The van der Waals surface area contributed by atoms with E-state index in [1.807, 2.05) is 0 Å². The second-order valence-electron chi connectivity index (χ2n) is 8.64. The molecule has 33 heavy (non-hydrogen) atoms. The Morgan fingerprint density at radius 3 is 2.42 bits per heavy atom. The molecule has 2 aliphatic rings. The second-order valence-corrected chi connectivity index (χ2v) is 9.08. The number of ether oxygens (including phenoxy) is 1. The number of imide groups is 1. The van der Waals surface area contributed by atoms with Crippen molar-refractivity contribution in [2.45, 2.75) is 26.2 Å². The molecule has 2 aromatic rings. The molecule has 1 saturated heterocycles. The van der Waals surface area contributed by atoms with Crippen LogP contribution in [0.2, 0.25) is 5.02 Å². The van der Waals surface area contributed by atoms with Crippen molar-refractivity contribution in [3.05, 3.63) is 64.7 Å². The Balaban J connectivity index is 1.69. The number of amides is 3. The quantitative estimate of drug-likeness (QED) is 0.472. The number of fused-ring (bicyclic) bond motifs is 1. The van der Waals surface area contributed by atoms with E-state index in [0.29, 0.717) is 35.1 Å². The van der Waals surface area contributed by atoms with Crippen LogP contribution in [-0.4, -0.2) is 47.2 Å². The van der Waals surface area contributed by atoms with Crippen LogP contribution in [0, 0.1) is 17.8 Å². The van der Waals surface area contributed by atoms with E-state index in [1.165, 1.54) is 19.2 Å². The topological polar surface area (TPSA) is 84.0 Å². The normalized spacial score (nSPS) is 22.2. The zero-order valence-electron chi connectivity index (χ0n) is 18.5. The Kier molecular flexibility index (Phi) is 6.51. The van der Waals surface area contributed by atoms with Crippen LogP contribution in [0.15, 0.2) is 48.5 Å². The lowest BCUT2D eigenvalue weighted by Crippen LogP contribution is -2.52. The highest BCUT2D eigenvalue weighted by Crippen LogP contribution is 2.41. The summed E-state index contributed by atoms with van der Waals surface area (Å²) in [4.78, 5) is 53.2. The van der Waals surface area contributed by atoms with Gasteiger partial charge in [0, 0.05) is 16.1 Å². The van der Waals surface area contributed by atoms with Gasteiger partial charge in [-0.1, -0.05) is 30.7 Å². The summed E-state index contributed by atoms with van der Waals surface area (Å²) in [7, 11) is 1.49. The number of hydrogen-bond acceptors (Lipinski definition) is 5. The van der Waals surface area contributed by atoms with Crippen molar-refractivity contribution >= 4 is 35.1 Å². The molecule has 8 heteroatoms. The van der Waals surface area contributed by atoms with E-state index in [2.05, 4.69) is 6.92 Å². The van der Waals surface area contributed by atoms with E-state index < -0.39 is 41.9 Å². The first-order valence-corrected chi connectivity index (χ1v) is 11.3. The summed E-state index contributed by atoms with van der Waals surface area (Å²) in [5.74, 6) is -1.98. The van der Waals surface area contributed by atoms with Crippen molar-refractivity contribution in [2.75, 3.05) is 13.7 Å². The molecule has 0 aromatic heterocycles. The number of halogens is 1. The highest BCUT2D eigenvalue weighted by molar-refractivity contribution is 6.30. The number of hydrogen-bond donors (Lipinski definition) is 0. The standard InChI is InChI=1S/C25H25ClN2O5/c1-15-6-11-20-21(12-15)25(32)28(24(20)31)27(23(30)16-7-9-18(26)10-8-16)14-22(29)17-4-3-5-19(13-17)33-2/h3-5,7-10,13,15,20-21H,6,11-12,14H2,1-2H3/t15-,20-,21+/m1/s1. The van der Waals surface area contributed by atoms with Crippen LogP contribution in [-0.2, 0) is 9.59 Å². The maximum absolute atomic E-state index is 13.5. The molecule has 4 rings (SSSR count). The zero-order chi connectivity index (χ0) is 23.7. The number of methoxy groups -OCH3 is 1. The third kappa shape index (κ3) is 4.50. The van der Waals surface area contributed by atoms with E-state index in [1.54, 1.807) is 36.4 Å². The van der Waals surface area contributed by atoms with Crippen LogP contribution in [0.5, 0.6) is 5.75 Å². The van der Waals surface area contributed by atoms with E-state index in [9.17, 15) is 19.2 Å². The smallest absolute Gasteiger partial charge is 0.273 e. The predicted molar refractivity (Wildman–Crippen MR) is 122 cm³/mol. The van der Waals surface area contributed by atoms with Gasteiger partial charge in [-0.3, -0.25) is 19.2 Å². The number of Topliss-reactive ketones (excluding diaryl/α,β-unsaturated/α-hetero) is 1. The first-order valence-electron chi connectivity index (χ1n) is 10.9. The molecule has 1 aliphatic heterocycles. The predicted octanol–water partition coefficient (Wildman–Crippen LogP) is 4.01. The molecule has 2 aromatic carbocycles. The van der Waals surface area contributed by atoms with E-state index in [-0.39, 0.29) is 5.56 Å². The number of ketones is 1. The molecule has 0 radical (unpaired) electrons. The lowest BCUT2D eigenvalue weighted by Gasteiger charge is -2.30. The van der Waals surface area contributed by atoms with Gasteiger partial charge in [-0.25, -0.2) is 5.01 Å². The summed E-state index contributed by atoms with van der Waals surface area (Å²) < 4.78 is 5.18. The summed E-state index contributed by atoms with van der Waals surface area (Å²) >= 11 is 5.95. The average molecular weight is 469 g/mol. The van der Waals surface area contributed by atoms with Gasteiger partial charge >= 0.3 is 0 Å². The molecule has 1 heterocycles. The maximum atomic E-state index is 13.5. The molecule has 1 aliphatic carbocycles. The Bertz CT molecular complexity index is 1100. The zero-order valence-corrected chi connectivity index (χ0v) is 19.2. The molecule has 7 nitrogen and oxygen atoms in total. The summed E-state index contributed by atoms with van der Waals surface area (Å²) in [5, 5.41) is 2.33. The third-order valence-electron chi connectivity index (χ3n) is 6.42. The Morgan fingerprint density at radius 1 is 1.03 bits per heavy atom. The molecule has 0 N–H and O–H groups in total. The molecule has 0 unspecified atom stereocenters. The van der Waals surface area contributed by atoms with Gasteiger partial charge in [0.15, 0.2) is 5.78 Å². The number of nitrogens with zero attached hydrogens (tertiary/aromatic N) is 2. The molecule has 0 bridgehead atoms. The van der Waals surface area contributed by atoms with Crippen molar-refractivity contribution in [1.29, 1.82) is 0 Å². The second kappa shape index (κ2) is 9.35. The number of rotatable bonds is 6. The van der Waals surface area contributed by atoms with Crippen LogP contribution in [0.3, 0.4) is 0 Å². The van der Waals surface area contributed by atoms with Gasteiger partial charge in [-0.15, -0.1) is 0 Å². The SMILES string of the molecule is COc1cccc(C(=O)CN(C(=O)c2ccc(Cl)cc2)N2C(=O)[C@H]3C[C@H](C)CC[C@H]3C2=O)c1. The monoisotopic (exact) mass is 468 g/mol. The maximum Gasteiger partial charge on any atom is 0.273 e. The van der Waals surface area contributed by atoms with Crippen molar-refractivity contribution in [1.82, 2.24) is 10.0 Å². The lowest BCUT2D eigenvalue weighted by molar-refractivity contribution is -0.154. The fourth-order valence-corrected chi connectivity index (χ4v) is 4.73. The molecule has 3 atom stereocenters. The lowest BCUT2D eigenvalue weighted by atomic mass is 9.76. The van der Waals surface area contributed by atoms with E-state index in [0.717, 1.165) is 16.4 Å². The van der Waals surface area contributed by atoms with Crippen LogP contribution in [0.4, 0.5) is 0 Å². The van der Waals surface area contributed by atoms with Gasteiger partial charge < -0.3 is 4.74 Å². The average Bonchev–Trinajstić information content (AvgIpc) is 3.06. The minimum atomic E-state index is -0.615. The molecule has 3 amide bonds. The highest BCUT2D eigenvalue weighted by atomic mass is 35.5. The van der Waals surface area contributed by atoms with Crippen molar-refractivity contribution in [3.63, 3.8) is 0 Å². The van der Waals surface area contributed by atoms with Crippen molar-refractivity contribution < 1.29 is 23.9 Å². The molecular formula is C25H25ClN2O5. The molecule has 0 spiro atoms. The summed E-state index contributed by atoms with van der Waals surface area (Å²) in [6, 6.07) is 12.6. The van der Waals surface area contributed by atoms with Crippen LogP contribution in [0.25, 0.3) is 0 Å². The fourth-order valence-electron chi connectivity index (χ4n) is 4.61. The minimum absolute atomic E-state index is 0.224. The molecular weight excluding hydrogens is 444 g/mol. The Morgan fingerprint density at radius 2 is 1.73 bits per heavy atom. The summed E-state index contributed by atoms with van der Waals surface area (Å²) in [6.07, 6.45) is 2.04. The number of carbonyl (C=O) groups excluding carboxylic acids is 4. The van der Waals surface area contributed by atoms with Crippen LogP contribution < -0.4 is 4.74 Å². The minimum Gasteiger partial charge on any atom is -0.497 e. The molecule has 1 saturated carbocycles. The first-order chi connectivity index (χ1) is 15.8.